The summed E-state index contributed by atoms with van der Waals surface area (Å²) in [5.74, 6) is -6.54. The SMILES string of the molecule is C=C1C[C@H]2CN3C(=O)OCc4ccc(cc4)NC(=O)[C@H](CCCCNC(=O)CCOCCOC)NC(=O)[C@H](C)NC(=O)CCC(=O)N[C@@H](C)C(=O)N[C@@H](CCCCNC(=O)CCOCCOC)C(=O)Nc4ccc(cc4)COC(=O)N4c5cc(c(OC)cc5C(=O)N5CC(=C)C[C@H]5C4C)OCCP(=O)(NCCCNC(=O)CCN4C(=O)CC(SC)C4=O)CCOc4cc3c(cc4OC)C(=O)N2C1. The molecule has 8 bridgehead atoms. The van der Waals surface area contributed by atoms with Gasteiger partial charge in [0.05, 0.1) is 119 Å². The Kier molecular flexibility index (Phi) is 41.3. The van der Waals surface area contributed by atoms with Crippen molar-refractivity contribution in [2.24, 2.45) is 0 Å². The molecular weight excluding hydrogens is 1820 g/mol. The maximum Gasteiger partial charge on any atom is 0.414 e. The second-order valence-corrected chi connectivity index (χ2v) is 38.1. The van der Waals surface area contributed by atoms with Gasteiger partial charge in [0.15, 0.2) is 30.3 Å². The minimum atomic E-state index is -3.71. The molecule has 9 heterocycles. The van der Waals surface area contributed by atoms with Crippen molar-refractivity contribution in [3.05, 3.63) is 119 Å². The number of hydrogen-bond acceptors (Lipinski definition) is 27. The van der Waals surface area contributed by atoms with Gasteiger partial charge in [0, 0.05) is 134 Å². The summed E-state index contributed by atoms with van der Waals surface area (Å²) in [6, 6.07) is 11.7. The van der Waals surface area contributed by atoms with Gasteiger partial charge in [-0.2, -0.15) is 11.8 Å². The number of nitrogens with zero attached hydrogens (tertiary/aromatic N) is 5. The number of unbranched alkanes of at least 4 members (excludes halogenated alkanes) is 2. The first kappa shape index (κ1) is 107. The number of benzene rings is 4. The van der Waals surface area contributed by atoms with Crippen LogP contribution in [0.25, 0.3) is 0 Å². The van der Waals surface area contributed by atoms with Gasteiger partial charge in [-0.15, -0.1) is 0 Å². The monoisotopic (exact) mass is 1950 g/mol. The quantitative estimate of drug-likeness (QED) is 0.0113. The Morgan fingerprint density at radius 2 is 1.00 bits per heavy atom. The summed E-state index contributed by atoms with van der Waals surface area (Å²) in [5.41, 5.74) is 3.32. The van der Waals surface area contributed by atoms with Crippen molar-refractivity contribution < 1.29 is 124 Å². The highest BCUT2D eigenvalue weighted by Gasteiger charge is 2.47. The maximum atomic E-state index is 15.7. The number of carbonyl (C=O) groups excluding carboxylic acids is 15. The summed E-state index contributed by atoms with van der Waals surface area (Å²) in [4.78, 5) is 214. The molecule has 43 heteroatoms. The van der Waals surface area contributed by atoms with Gasteiger partial charge in [-0.3, -0.25) is 82.1 Å². The van der Waals surface area contributed by atoms with E-state index in [-0.39, 0.29) is 230 Å². The van der Waals surface area contributed by atoms with Crippen LogP contribution >= 0.6 is 19.1 Å². The number of amides is 15. The summed E-state index contributed by atoms with van der Waals surface area (Å²) in [5, 5.41) is 27.4. The maximum absolute atomic E-state index is 15.7. The van der Waals surface area contributed by atoms with Crippen LogP contribution < -0.4 is 81.7 Å². The van der Waals surface area contributed by atoms with E-state index in [2.05, 4.69) is 66.1 Å². The fraction of sp³-hybridized carbons (Fsp3) is 0.543. The van der Waals surface area contributed by atoms with Crippen LogP contribution in [0.1, 0.15) is 149 Å². The Morgan fingerprint density at radius 1 is 0.526 bits per heavy atom. The van der Waals surface area contributed by atoms with Crippen LogP contribution in [0.3, 0.4) is 0 Å². The van der Waals surface area contributed by atoms with Crippen LogP contribution in [-0.2, 0) is 98.9 Å². The summed E-state index contributed by atoms with van der Waals surface area (Å²) >= 11 is 1.26. The Balaban J connectivity index is 0.920. The topological polar surface area (TPSA) is 502 Å². The number of methoxy groups -OCH3 is 4. The van der Waals surface area contributed by atoms with Gasteiger partial charge in [-0.25, -0.2) is 9.59 Å². The highest BCUT2D eigenvalue weighted by molar-refractivity contribution is 8.00. The number of imide groups is 1. The molecule has 0 aliphatic carbocycles. The second kappa shape index (κ2) is 52.9. The molecule has 9 atom stereocenters. The number of hydrogen-bond donors (Lipinski definition) is 10. The number of fused-ring (bicyclic) bond motifs is 2. The Labute approximate surface area is 800 Å². The van der Waals surface area contributed by atoms with Gasteiger partial charge < -0.3 is 110 Å². The lowest BCUT2D eigenvalue weighted by atomic mass is 10.0. The van der Waals surface area contributed by atoms with Crippen LogP contribution in [-0.4, -0.2) is 303 Å². The van der Waals surface area contributed by atoms with Crippen LogP contribution in [0.4, 0.5) is 32.3 Å². The molecule has 4 aromatic carbocycles. The van der Waals surface area contributed by atoms with Gasteiger partial charge in [0.2, 0.25) is 65.0 Å². The van der Waals surface area contributed by atoms with E-state index in [0.29, 0.717) is 76.1 Å². The van der Waals surface area contributed by atoms with Crippen molar-refractivity contribution in [1.29, 1.82) is 0 Å². The molecule has 15 amide bonds. The number of carbonyl (C=O) groups is 15. The number of likely N-dealkylation sites (tertiary alicyclic amines) is 1. The molecule has 3 fully saturated rings. The fourth-order valence-electron chi connectivity index (χ4n) is 16.2. The van der Waals surface area contributed by atoms with Gasteiger partial charge >= 0.3 is 12.2 Å². The van der Waals surface area contributed by atoms with E-state index in [0.717, 1.165) is 16.0 Å². The first-order valence-corrected chi connectivity index (χ1v) is 49.4. The predicted octanol–water partition coefficient (Wildman–Crippen LogP) is 5.99. The lowest BCUT2D eigenvalue weighted by molar-refractivity contribution is -0.139. The highest BCUT2D eigenvalue weighted by atomic mass is 32.2. The van der Waals surface area contributed by atoms with Crippen molar-refractivity contribution in [2.75, 3.05) is 173 Å². The zero-order valence-corrected chi connectivity index (χ0v) is 80.6. The van der Waals surface area contributed by atoms with Crippen molar-refractivity contribution >= 4 is 131 Å². The highest BCUT2D eigenvalue weighted by Crippen LogP contribution is 2.46. The molecule has 3 saturated heterocycles. The van der Waals surface area contributed by atoms with Crippen molar-refractivity contribution in [3.63, 3.8) is 0 Å². The largest absolute Gasteiger partial charge is 0.493 e. The molecule has 4 aromatic rings. The fourth-order valence-corrected chi connectivity index (χ4v) is 18.8. The third-order valence-corrected chi connectivity index (χ3v) is 27.5. The van der Waals surface area contributed by atoms with Gasteiger partial charge in [-0.05, 0) is 132 Å². The average molecular weight is 1950 g/mol. The number of nitrogens with one attached hydrogen (secondary N) is 10. The summed E-state index contributed by atoms with van der Waals surface area (Å²) in [6.07, 6.45) is 1.36. The third-order valence-electron chi connectivity index (χ3n) is 23.9. The number of thioether (sulfide) groups is 1. The molecule has 3 unspecified atom stereocenters. The average Bonchev–Trinajstić information content (AvgIpc) is 1.61. The zero-order chi connectivity index (χ0) is 98.8. The van der Waals surface area contributed by atoms with E-state index >= 15 is 4.57 Å². The smallest absolute Gasteiger partial charge is 0.414 e. The van der Waals surface area contributed by atoms with E-state index in [4.69, 9.17) is 47.4 Å². The first-order chi connectivity index (χ1) is 65.8. The van der Waals surface area contributed by atoms with Gasteiger partial charge in [0.1, 0.15) is 37.4 Å². The molecular formula is C94H128N15O26PS. The molecule has 10 N–H and O–H groups in total. The van der Waals surface area contributed by atoms with E-state index in [9.17, 15) is 71.9 Å². The van der Waals surface area contributed by atoms with Crippen LogP contribution in [0.2, 0.25) is 0 Å². The number of anilines is 4. The van der Waals surface area contributed by atoms with E-state index in [1.165, 1.54) is 88.1 Å². The zero-order valence-electron chi connectivity index (χ0n) is 78.9. The predicted molar refractivity (Wildman–Crippen MR) is 507 cm³/mol. The van der Waals surface area contributed by atoms with Crippen LogP contribution in [0.5, 0.6) is 23.0 Å². The molecule has 0 saturated carbocycles. The lowest BCUT2D eigenvalue weighted by Gasteiger charge is -2.33. The first-order valence-electron chi connectivity index (χ1n) is 46.0. The normalized spacial score (nSPS) is 22.1. The molecule has 746 valence electrons. The summed E-state index contributed by atoms with van der Waals surface area (Å²) in [6.45, 7) is 14.3. The Hall–Kier alpha value is -12.2. The molecule has 13 rings (SSSR count). The number of rotatable bonds is 33. The van der Waals surface area contributed by atoms with Crippen LogP contribution in [0, 0.1) is 0 Å². The molecule has 137 heavy (non-hydrogen) atoms. The van der Waals surface area contributed by atoms with E-state index in [1.807, 2.05) is 0 Å². The molecule has 9 aliphatic rings. The van der Waals surface area contributed by atoms with Crippen molar-refractivity contribution in [1.82, 2.24) is 57.0 Å². The summed E-state index contributed by atoms with van der Waals surface area (Å²) < 4.78 is 73.4. The second-order valence-electron chi connectivity index (χ2n) is 34.0. The lowest BCUT2D eigenvalue weighted by Crippen LogP contribution is -2.52. The molecule has 0 spiro atoms. The molecule has 9 aliphatic heterocycles. The third kappa shape index (κ3) is 31.1. The Bertz CT molecular complexity index is 5050. The summed E-state index contributed by atoms with van der Waals surface area (Å²) in [7, 11) is 2.10. The van der Waals surface area contributed by atoms with Crippen molar-refractivity contribution in [3.8, 4) is 23.0 Å². The van der Waals surface area contributed by atoms with Gasteiger partial charge in [-0.1, -0.05) is 48.6 Å². The van der Waals surface area contributed by atoms with Crippen molar-refractivity contribution in [2.45, 2.75) is 178 Å². The minimum Gasteiger partial charge on any atom is -0.493 e. The molecule has 41 nitrogen and oxygen atoms in total. The van der Waals surface area contributed by atoms with E-state index < -0.39 is 133 Å². The number of ether oxygens (including phenoxy) is 10. The standard InChI is InChI=1S/C94H128N15O26PS/c1-58-46-67-55-108-73-50-77(75(128-8)48-68(73)90(120)106(67)53-58)132-42-44-136(125,98-34-15-33-97-80(110)28-35-105-85(115)52-79(137-10)92(105)122)45-43-133-78-51-74-69(49-76(78)129-9)91(121)107-54-59(2)47-72(107)62(5)109(74)94(124)135-57-64-20-24-66(25-21-64)102-89(119)71(17-12-14-32-96-82(112)30-37-131-41-39-127-7)104-87(117)61(4)100-84(114)27-26-83(113)99-60(3)86(116)103-70(16-11-13-31-95-81(111)29-36-130-40-38-126-6)88(118)101-65-22-18-63(19-23-65)56-134-93(108)123/h18-25,48-51,60-62,67,70-72,79H,1-2,11-17,26-47,52-57H2,3-10H3,(H,95,111)(H,96,112)(H,97,110)(H,98,125)(H,99,113)(H,100,114)(H,101,118)(H,102,119)(H,103,116)(H,104,117)/t60-,61-,62?,67-,70-,71-,72-,79?,136?/m0/s1. The molecule has 0 radical (unpaired) electrons. The minimum absolute atomic E-state index is 0.0450. The Morgan fingerprint density at radius 3 is 1.50 bits per heavy atom. The van der Waals surface area contributed by atoms with E-state index in [1.54, 1.807) is 71.5 Å². The van der Waals surface area contributed by atoms with Gasteiger partial charge in [0.25, 0.3) is 11.8 Å². The molecule has 0 aromatic heterocycles. The van der Waals surface area contributed by atoms with Crippen LogP contribution in [0.15, 0.2) is 97.1 Å².